The average molecular weight is 606 g/mol. The zero-order chi connectivity index (χ0) is 25.3. The van der Waals surface area contributed by atoms with Crippen molar-refractivity contribution in [2.24, 2.45) is 5.41 Å². The van der Waals surface area contributed by atoms with Gasteiger partial charge in [-0.05, 0) is 90.8 Å². The van der Waals surface area contributed by atoms with Crippen molar-refractivity contribution in [1.82, 2.24) is 4.98 Å². The number of alkyl halides is 2. The SMILES string of the molecule is CN1C(=O)C2(CCC(F)(F)CC2)c2cc(NC(=O)c3ccc(I)cc3N3CCC4(CC3)CC4)cnc21. The van der Waals surface area contributed by atoms with Gasteiger partial charge in [0.05, 0.1) is 28.6 Å². The van der Waals surface area contributed by atoms with Crippen LogP contribution in [0.3, 0.4) is 0 Å². The third-order valence-electron chi connectivity index (χ3n) is 8.83. The van der Waals surface area contributed by atoms with E-state index in [2.05, 4.69) is 43.9 Å². The number of likely N-dealkylation sites (N-methyl/N-ethyl adjacent to an activating group) is 1. The molecule has 1 saturated heterocycles. The lowest BCUT2D eigenvalue weighted by molar-refractivity contribution is -0.127. The summed E-state index contributed by atoms with van der Waals surface area (Å²) in [6, 6.07) is 7.61. The molecule has 9 heteroatoms. The van der Waals surface area contributed by atoms with Crippen LogP contribution in [0, 0.1) is 8.99 Å². The fourth-order valence-corrected chi connectivity index (χ4v) is 6.73. The first-order valence-electron chi connectivity index (χ1n) is 12.6. The van der Waals surface area contributed by atoms with E-state index in [0.29, 0.717) is 28.0 Å². The molecule has 4 aliphatic rings. The van der Waals surface area contributed by atoms with Crippen molar-refractivity contribution in [3.8, 4) is 0 Å². The number of nitrogens with zero attached hydrogens (tertiary/aromatic N) is 3. The van der Waals surface area contributed by atoms with Gasteiger partial charge in [0.15, 0.2) is 0 Å². The Kier molecular flexibility index (Phi) is 5.59. The summed E-state index contributed by atoms with van der Waals surface area (Å²) < 4.78 is 29.0. The summed E-state index contributed by atoms with van der Waals surface area (Å²) in [5.74, 6) is -2.69. The van der Waals surface area contributed by atoms with Crippen molar-refractivity contribution < 1.29 is 18.4 Å². The van der Waals surface area contributed by atoms with E-state index in [9.17, 15) is 18.4 Å². The van der Waals surface area contributed by atoms with E-state index in [1.165, 1.54) is 17.7 Å². The zero-order valence-corrected chi connectivity index (χ0v) is 22.4. The smallest absolute Gasteiger partial charge is 0.257 e. The van der Waals surface area contributed by atoms with Crippen LogP contribution in [-0.4, -0.2) is 42.9 Å². The van der Waals surface area contributed by atoms with Crippen molar-refractivity contribution in [3.63, 3.8) is 0 Å². The first-order valence-corrected chi connectivity index (χ1v) is 13.7. The number of pyridine rings is 1. The van der Waals surface area contributed by atoms with Crippen LogP contribution in [-0.2, 0) is 10.2 Å². The summed E-state index contributed by atoms with van der Waals surface area (Å²) in [6.45, 7) is 1.89. The number of nitrogens with one attached hydrogen (secondary N) is 1. The zero-order valence-electron chi connectivity index (χ0n) is 20.2. The van der Waals surface area contributed by atoms with Crippen molar-refractivity contribution in [1.29, 1.82) is 0 Å². The van der Waals surface area contributed by atoms with Gasteiger partial charge in [-0.15, -0.1) is 0 Å². The second-order valence-electron chi connectivity index (χ2n) is 11.0. The van der Waals surface area contributed by atoms with Gasteiger partial charge in [0.1, 0.15) is 5.82 Å². The highest BCUT2D eigenvalue weighted by Gasteiger charge is 2.55. The van der Waals surface area contributed by atoms with E-state index in [1.54, 1.807) is 19.3 Å². The molecule has 0 bridgehead atoms. The number of hydrogen-bond donors (Lipinski definition) is 1. The number of piperidine rings is 1. The van der Waals surface area contributed by atoms with Gasteiger partial charge >= 0.3 is 0 Å². The molecule has 3 fully saturated rings. The third-order valence-corrected chi connectivity index (χ3v) is 9.50. The predicted octanol–water partition coefficient (Wildman–Crippen LogP) is 5.74. The van der Waals surface area contributed by atoms with E-state index in [4.69, 9.17) is 0 Å². The minimum atomic E-state index is -2.75. The maximum Gasteiger partial charge on any atom is 0.257 e. The summed E-state index contributed by atoms with van der Waals surface area (Å²) in [7, 11) is 1.64. The largest absolute Gasteiger partial charge is 0.371 e. The van der Waals surface area contributed by atoms with Crippen LogP contribution >= 0.6 is 22.6 Å². The van der Waals surface area contributed by atoms with Gasteiger partial charge in [-0.3, -0.25) is 14.5 Å². The summed E-state index contributed by atoms with van der Waals surface area (Å²) in [6.07, 6.45) is 6.01. The molecule has 2 saturated carbocycles. The molecular weight excluding hydrogens is 577 g/mol. The highest BCUT2D eigenvalue weighted by molar-refractivity contribution is 14.1. The molecule has 1 aromatic carbocycles. The minimum Gasteiger partial charge on any atom is -0.371 e. The predicted molar refractivity (Wildman–Crippen MR) is 143 cm³/mol. The molecular formula is C27H29F2IN4O2. The van der Waals surface area contributed by atoms with Crippen molar-refractivity contribution in [2.45, 2.75) is 62.7 Å². The lowest BCUT2D eigenvalue weighted by Gasteiger charge is -2.36. The number of rotatable bonds is 3. The van der Waals surface area contributed by atoms with Crippen LogP contribution in [0.5, 0.6) is 0 Å². The van der Waals surface area contributed by atoms with E-state index in [-0.39, 0.29) is 37.5 Å². The highest BCUT2D eigenvalue weighted by Crippen LogP contribution is 2.54. The number of hydrogen-bond acceptors (Lipinski definition) is 4. The van der Waals surface area contributed by atoms with Crippen LogP contribution < -0.4 is 15.1 Å². The maximum atomic E-state index is 13.9. The number of halogens is 3. The standard InChI is InChI=1S/C27H29F2IN4O2/c1-33-22-20(26(24(33)36)6-8-27(28,29)9-7-26)15-18(16-31-22)32-23(35)19-3-2-17(30)14-21(19)34-12-10-25(4-5-25)11-13-34/h2-3,14-16H,4-13H2,1H3,(H,32,35). The molecule has 36 heavy (non-hydrogen) atoms. The Morgan fingerprint density at radius 1 is 1.03 bits per heavy atom. The van der Waals surface area contributed by atoms with Crippen molar-refractivity contribution in [3.05, 3.63) is 45.2 Å². The molecule has 2 aromatic rings. The molecule has 6 nitrogen and oxygen atoms in total. The van der Waals surface area contributed by atoms with Crippen molar-refractivity contribution >= 4 is 51.6 Å². The molecule has 2 aliphatic carbocycles. The van der Waals surface area contributed by atoms with Crippen LogP contribution in [0.25, 0.3) is 0 Å². The van der Waals surface area contributed by atoms with Crippen LogP contribution in [0.4, 0.5) is 26.0 Å². The number of anilines is 3. The number of carbonyl (C=O) groups excluding carboxylic acids is 2. The fraction of sp³-hybridized carbons (Fsp3) is 0.519. The van der Waals surface area contributed by atoms with Gasteiger partial charge < -0.3 is 10.2 Å². The first kappa shape index (κ1) is 24.1. The van der Waals surface area contributed by atoms with Crippen LogP contribution in [0.15, 0.2) is 30.5 Å². The Bertz CT molecular complexity index is 1240. The Morgan fingerprint density at radius 3 is 2.39 bits per heavy atom. The molecule has 2 spiro atoms. The lowest BCUT2D eigenvalue weighted by Crippen LogP contribution is -2.44. The molecule has 0 radical (unpaired) electrons. The van der Waals surface area contributed by atoms with Gasteiger partial charge in [0, 0.05) is 42.1 Å². The summed E-state index contributed by atoms with van der Waals surface area (Å²) >= 11 is 2.27. The number of benzene rings is 1. The van der Waals surface area contributed by atoms with Gasteiger partial charge in [-0.1, -0.05) is 0 Å². The number of aromatic nitrogens is 1. The second-order valence-corrected chi connectivity index (χ2v) is 12.2. The van der Waals surface area contributed by atoms with Crippen LogP contribution in [0.1, 0.15) is 67.3 Å². The maximum absolute atomic E-state index is 13.9. The third kappa shape index (κ3) is 3.97. The Balaban J connectivity index is 1.27. The highest BCUT2D eigenvalue weighted by atomic mass is 127. The van der Waals surface area contributed by atoms with Gasteiger partial charge in [0.25, 0.3) is 5.91 Å². The van der Waals surface area contributed by atoms with Crippen molar-refractivity contribution in [2.75, 3.05) is 35.3 Å². The topological polar surface area (TPSA) is 65.5 Å². The normalized spacial score (nSPS) is 23.2. The second kappa shape index (κ2) is 8.36. The monoisotopic (exact) mass is 606 g/mol. The number of fused-ring (bicyclic) bond motifs is 2. The summed E-state index contributed by atoms with van der Waals surface area (Å²) in [5, 5.41) is 2.97. The van der Waals surface area contributed by atoms with E-state index < -0.39 is 11.3 Å². The minimum absolute atomic E-state index is 0.0764. The van der Waals surface area contributed by atoms with E-state index in [1.807, 2.05) is 12.1 Å². The molecule has 190 valence electrons. The Labute approximate surface area is 223 Å². The van der Waals surface area contributed by atoms with Gasteiger partial charge in [-0.2, -0.15) is 0 Å². The van der Waals surface area contributed by atoms with E-state index in [0.717, 1.165) is 35.2 Å². The van der Waals surface area contributed by atoms with Gasteiger partial charge in [-0.25, -0.2) is 13.8 Å². The molecule has 1 aromatic heterocycles. The quantitative estimate of drug-likeness (QED) is 0.453. The van der Waals surface area contributed by atoms with E-state index >= 15 is 0 Å². The number of amides is 2. The van der Waals surface area contributed by atoms with Crippen LogP contribution in [0.2, 0.25) is 0 Å². The molecule has 0 atom stereocenters. The Hall–Kier alpha value is -2.30. The molecule has 1 N–H and O–H groups in total. The Morgan fingerprint density at radius 2 is 1.72 bits per heavy atom. The summed E-state index contributed by atoms with van der Waals surface area (Å²) in [4.78, 5) is 34.9. The molecule has 2 amide bonds. The van der Waals surface area contributed by atoms with Gasteiger partial charge in [0.2, 0.25) is 11.8 Å². The number of carbonyl (C=O) groups is 2. The first-order chi connectivity index (χ1) is 17.1. The average Bonchev–Trinajstić information content (AvgIpc) is 3.58. The molecule has 6 rings (SSSR count). The summed E-state index contributed by atoms with van der Waals surface area (Å²) in [5.41, 5.74) is 2.18. The fourth-order valence-electron chi connectivity index (χ4n) is 6.26. The lowest BCUT2D eigenvalue weighted by atomic mass is 9.69. The molecule has 0 unspecified atom stereocenters. The molecule has 3 heterocycles. The molecule has 2 aliphatic heterocycles.